The van der Waals surface area contributed by atoms with E-state index in [1.807, 2.05) is 41.2 Å². The number of fused-ring (bicyclic) bond motifs is 1. The largest absolute Gasteiger partial charge is 0.480 e. The zero-order valence-electron chi connectivity index (χ0n) is 16.5. The minimum atomic E-state index is -0.519. The van der Waals surface area contributed by atoms with Crippen molar-refractivity contribution in [2.45, 2.75) is 13.0 Å². The highest BCUT2D eigenvalue weighted by Crippen LogP contribution is 2.29. The summed E-state index contributed by atoms with van der Waals surface area (Å²) in [5.41, 5.74) is 3.67. The molecule has 0 fully saturated rings. The van der Waals surface area contributed by atoms with E-state index in [0.29, 0.717) is 23.5 Å². The molecule has 0 aliphatic rings. The first-order valence-electron chi connectivity index (χ1n) is 9.25. The van der Waals surface area contributed by atoms with Crippen LogP contribution in [0.4, 0.5) is 0 Å². The third kappa shape index (κ3) is 4.11. The fourth-order valence-electron chi connectivity index (χ4n) is 3.29. The van der Waals surface area contributed by atoms with Gasteiger partial charge in [-0.15, -0.1) is 0 Å². The summed E-state index contributed by atoms with van der Waals surface area (Å²) in [5.74, 6) is -0.316. The number of aromatic nitrogens is 4. The van der Waals surface area contributed by atoms with Crippen LogP contribution in [-0.2, 0) is 17.7 Å². The van der Waals surface area contributed by atoms with Crippen LogP contribution in [0.3, 0.4) is 0 Å². The molecule has 3 aromatic heterocycles. The molecule has 8 heteroatoms. The third-order valence-electron chi connectivity index (χ3n) is 4.64. The highest BCUT2D eigenvalue weighted by Gasteiger charge is 2.18. The number of benzene rings is 1. The SMILES string of the molecule is COC(=O)c1cc2cc(Cl)cc(Cn3ccc(Cc4ccccn4)n3)c2nc1OC. The van der Waals surface area contributed by atoms with Gasteiger partial charge in [-0.1, -0.05) is 17.7 Å². The van der Waals surface area contributed by atoms with Crippen LogP contribution in [0.2, 0.25) is 5.02 Å². The second-order valence-electron chi connectivity index (χ2n) is 6.68. The molecule has 0 atom stereocenters. The zero-order valence-corrected chi connectivity index (χ0v) is 17.3. The molecule has 0 unspecified atom stereocenters. The standard InChI is InChI=1S/C22H19ClN4O3/c1-29-21-19(22(28)30-2)11-14-9-16(23)10-15(20(14)25-21)13-27-8-6-18(26-27)12-17-5-3-4-7-24-17/h3-11H,12-13H2,1-2H3. The maximum Gasteiger partial charge on any atom is 0.343 e. The lowest BCUT2D eigenvalue weighted by Crippen LogP contribution is -2.08. The minimum Gasteiger partial charge on any atom is -0.480 e. The van der Waals surface area contributed by atoms with Crippen molar-refractivity contribution < 1.29 is 14.3 Å². The fraction of sp³-hybridized carbons (Fsp3) is 0.182. The lowest BCUT2D eigenvalue weighted by Gasteiger charge is -2.12. The van der Waals surface area contributed by atoms with E-state index in [0.717, 1.165) is 22.3 Å². The van der Waals surface area contributed by atoms with E-state index >= 15 is 0 Å². The third-order valence-corrected chi connectivity index (χ3v) is 4.86. The van der Waals surface area contributed by atoms with Crippen LogP contribution in [0.5, 0.6) is 5.88 Å². The van der Waals surface area contributed by atoms with Crippen molar-refractivity contribution in [3.8, 4) is 5.88 Å². The van der Waals surface area contributed by atoms with E-state index in [2.05, 4.69) is 15.1 Å². The molecule has 1 aromatic carbocycles. The fourth-order valence-corrected chi connectivity index (χ4v) is 3.53. The topological polar surface area (TPSA) is 79.1 Å². The van der Waals surface area contributed by atoms with E-state index in [1.54, 1.807) is 18.3 Å². The molecular weight excluding hydrogens is 404 g/mol. The Morgan fingerprint density at radius 3 is 2.73 bits per heavy atom. The van der Waals surface area contributed by atoms with E-state index in [9.17, 15) is 4.79 Å². The molecule has 0 amide bonds. The number of rotatable bonds is 6. The number of carbonyl (C=O) groups excluding carboxylic acids is 1. The lowest BCUT2D eigenvalue weighted by atomic mass is 10.1. The Kier molecular flexibility index (Phi) is 5.63. The van der Waals surface area contributed by atoms with Gasteiger partial charge >= 0.3 is 5.97 Å². The van der Waals surface area contributed by atoms with Gasteiger partial charge in [-0.05, 0) is 36.4 Å². The Labute approximate surface area is 178 Å². The highest BCUT2D eigenvalue weighted by atomic mass is 35.5. The average Bonchev–Trinajstić information content (AvgIpc) is 3.19. The first kappa shape index (κ1) is 19.8. The number of hydrogen-bond donors (Lipinski definition) is 0. The van der Waals surface area contributed by atoms with Gasteiger partial charge in [0, 0.05) is 40.5 Å². The molecule has 0 radical (unpaired) electrons. The molecule has 7 nitrogen and oxygen atoms in total. The predicted molar refractivity (Wildman–Crippen MR) is 113 cm³/mol. The van der Waals surface area contributed by atoms with Crippen molar-refractivity contribution in [2.24, 2.45) is 0 Å². The first-order chi connectivity index (χ1) is 14.6. The summed E-state index contributed by atoms with van der Waals surface area (Å²) in [6.45, 7) is 0.465. The van der Waals surface area contributed by atoms with E-state index in [-0.39, 0.29) is 11.4 Å². The molecule has 0 aliphatic heterocycles. The number of carbonyl (C=O) groups is 1. The number of pyridine rings is 2. The summed E-state index contributed by atoms with van der Waals surface area (Å²) in [5, 5.41) is 5.90. The summed E-state index contributed by atoms with van der Waals surface area (Å²) in [6, 6.07) is 13.1. The number of methoxy groups -OCH3 is 2. The van der Waals surface area contributed by atoms with Gasteiger partial charge in [0.25, 0.3) is 0 Å². The Balaban J connectivity index is 1.68. The second-order valence-corrected chi connectivity index (χ2v) is 7.11. The van der Waals surface area contributed by atoms with Crippen LogP contribution >= 0.6 is 11.6 Å². The van der Waals surface area contributed by atoms with Crippen LogP contribution < -0.4 is 4.74 Å². The monoisotopic (exact) mass is 422 g/mol. The molecule has 0 bridgehead atoms. The maximum absolute atomic E-state index is 12.1. The van der Waals surface area contributed by atoms with Crippen molar-refractivity contribution in [3.63, 3.8) is 0 Å². The number of nitrogens with zero attached hydrogens (tertiary/aromatic N) is 4. The normalized spacial score (nSPS) is 10.9. The van der Waals surface area contributed by atoms with Crippen molar-refractivity contribution in [1.29, 1.82) is 0 Å². The summed E-state index contributed by atoms with van der Waals surface area (Å²) in [7, 11) is 2.78. The van der Waals surface area contributed by atoms with Crippen molar-refractivity contribution in [2.75, 3.05) is 14.2 Å². The minimum absolute atomic E-state index is 0.203. The van der Waals surface area contributed by atoms with Crippen molar-refractivity contribution >= 4 is 28.5 Å². The summed E-state index contributed by atoms with van der Waals surface area (Å²) in [4.78, 5) is 20.9. The van der Waals surface area contributed by atoms with Gasteiger partial charge in [0.2, 0.25) is 5.88 Å². The van der Waals surface area contributed by atoms with Crippen LogP contribution in [-0.4, -0.2) is 39.9 Å². The summed E-state index contributed by atoms with van der Waals surface area (Å²) in [6.07, 6.45) is 4.33. The molecule has 30 heavy (non-hydrogen) atoms. The molecule has 0 N–H and O–H groups in total. The van der Waals surface area contributed by atoms with Gasteiger partial charge < -0.3 is 9.47 Å². The average molecular weight is 423 g/mol. The van der Waals surface area contributed by atoms with Gasteiger partial charge in [-0.2, -0.15) is 5.10 Å². The van der Waals surface area contributed by atoms with Crippen LogP contribution in [0.25, 0.3) is 10.9 Å². The van der Waals surface area contributed by atoms with Crippen molar-refractivity contribution in [1.82, 2.24) is 19.7 Å². The van der Waals surface area contributed by atoms with Crippen LogP contribution in [0, 0.1) is 0 Å². The summed E-state index contributed by atoms with van der Waals surface area (Å²) >= 11 is 6.33. The smallest absolute Gasteiger partial charge is 0.343 e. The number of halogens is 1. The maximum atomic E-state index is 12.1. The molecule has 152 valence electrons. The Hall–Kier alpha value is -3.45. The highest BCUT2D eigenvalue weighted by molar-refractivity contribution is 6.31. The van der Waals surface area contributed by atoms with E-state index in [4.69, 9.17) is 21.1 Å². The Bertz CT molecular complexity index is 1210. The molecular formula is C22H19ClN4O3. The molecule has 0 spiro atoms. The van der Waals surface area contributed by atoms with Gasteiger partial charge in [0.1, 0.15) is 5.56 Å². The number of hydrogen-bond acceptors (Lipinski definition) is 6. The van der Waals surface area contributed by atoms with Gasteiger partial charge in [-0.3, -0.25) is 9.67 Å². The van der Waals surface area contributed by atoms with Crippen LogP contribution in [0.1, 0.15) is 27.3 Å². The molecule has 4 aromatic rings. The first-order valence-corrected chi connectivity index (χ1v) is 9.63. The molecule has 0 aliphatic carbocycles. The second kappa shape index (κ2) is 8.51. The van der Waals surface area contributed by atoms with Gasteiger partial charge in [-0.25, -0.2) is 9.78 Å². The number of esters is 1. The Morgan fingerprint density at radius 1 is 1.13 bits per heavy atom. The molecule has 4 rings (SSSR count). The van der Waals surface area contributed by atoms with E-state index < -0.39 is 5.97 Å². The van der Waals surface area contributed by atoms with Gasteiger partial charge in [0.15, 0.2) is 0 Å². The zero-order chi connectivity index (χ0) is 21.1. The quantitative estimate of drug-likeness (QED) is 0.438. The Morgan fingerprint density at radius 2 is 2.00 bits per heavy atom. The van der Waals surface area contributed by atoms with E-state index in [1.165, 1.54) is 14.2 Å². The molecule has 3 heterocycles. The molecule has 0 saturated heterocycles. The van der Waals surface area contributed by atoms with Gasteiger partial charge in [0.05, 0.1) is 32.0 Å². The predicted octanol–water partition coefficient (Wildman–Crippen LogP) is 3.91. The lowest BCUT2D eigenvalue weighted by molar-refractivity contribution is 0.0596. The van der Waals surface area contributed by atoms with Crippen LogP contribution in [0.15, 0.2) is 54.9 Å². The van der Waals surface area contributed by atoms with Crippen molar-refractivity contribution in [3.05, 3.63) is 82.4 Å². The molecule has 0 saturated carbocycles. The summed E-state index contributed by atoms with van der Waals surface area (Å²) < 4.78 is 12.0. The number of ether oxygens (including phenoxy) is 2.